The monoisotopic (exact) mass is 362 g/mol. The molecule has 3 heterocycles. The van der Waals surface area contributed by atoms with Gasteiger partial charge in [-0.3, -0.25) is 14.9 Å². The molecule has 138 valence electrons. The quantitative estimate of drug-likeness (QED) is 0.370. The Hall–Kier alpha value is -2.96. The molecule has 6 nitrogen and oxygen atoms in total. The number of carbonyl (C=O) groups excluding carboxylic acids is 1. The van der Waals surface area contributed by atoms with Crippen molar-refractivity contribution < 1.29 is 10.0 Å². The predicted octanol–water partition coefficient (Wildman–Crippen LogP) is 2.95. The minimum absolute atomic E-state index is 0.527. The molecule has 1 amide bonds. The molecule has 0 bridgehead atoms. The fourth-order valence-electron chi connectivity index (χ4n) is 3.75. The molecule has 2 aromatic heterocycles. The van der Waals surface area contributed by atoms with E-state index in [2.05, 4.69) is 40.0 Å². The van der Waals surface area contributed by atoms with Crippen molar-refractivity contribution in [3.8, 4) is 0 Å². The first-order valence-corrected chi connectivity index (χ1v) is 9.02. The second-order valence-corrected chi connectivity index (χ2v) is 6.93. The van der Waals surface area contributed by atoms with Crippen molar-refractivity contribution in [2.45, 2.75) is 26.4 Å². The molecule has 1 aliphatic heterocycles. The highest BCUT2D eigenvalue weighted by molar-refractivity contribution is 5.90. The summed E-state index contributed by atoms with van der Waals surface area (Å²) in [5.41, 5.74) is 8.66. The smallest absolute Gasteiger partial charge is 0.267 e. The van der Waals surface area contributed by atoms with E-state index in [-0.39, 0.29) is 0 Å². The maximum absolute atomic E-state index is 11.1. The molecular formula is C21H22N4O2. The number of nitrogens with zero attached hydrogens (tertiary/aromatic N) is 2. The lowest BCUT2D eigenvalue weighted by Gasteiger charge is -2.14. The number of fused-ring (bicyclic) bond motifs is 2. The molecule has 0 unspecified atom stereocenters. The minimum atomic E-state index is -0.527. The summed E-state index contributed by atoms with van der Waals surface area (Å²) < 4.78 is 0. The van der Waals surface area contributed by atoms with Crippen LogP contribution in [0.1, 0.15) is 27.9 Å². The molecule has 0 saturated heterocycles. The van der Waals surface area contributed by atoms with E-state index in [1.54, 1.807) is 11.6 Å². The summed E-state index contributed by atoms with van der Waals surface area (Å²) in [6, 6.07) is 10.3. The van der Waals surface area contributed by atoms with E-state index in [1.165, 1.54) is 33.8 Å². The molecule has 4 rings (SSSR count). The number of hydrogen-bond donors (Lipinski definition) is 3. The lowest BCUT2D eigenvalue weighted by Crippen LogP contribution is -2.19. The molecule has 0 saturated carbocycles. The summed E-state index contributed by atoms with van der Waals surface area (Å²) in [4.78, 5) is 21.3. The molecule has 0 atom stereocenters. The number of rotatable bonds is 5. The van der Waals surface area contributed by atoms with Crippen molar-refractivity contribution in [2.75, 3.05) is 6.54 Å². The first-order chi connectivity index (χ1) is 13.1. The van der Waals surface area contributed by atoms with Crippen LogP contribution < -0.4 is 5.48 Å². The maximum atomic E-state index is 11.1. The Bertz CT molecular complexity index is 1020. The van der Waals surface area contributed by atoms with Crippen molar-refractivity contribution in [3.05, 3.63) is 70.6 Å². The molecule has 27 heavy (non-hydrogen) atoms. The molecule has 1 aromatic carbocycles. The van der Waals surface area contributed by atoms with E-state index in [9.17, 15) is 4.79 Å². The van der Waals surface area contributed by atoms with E-state index in [1.807, 2.05) is 18.3 Å². The first-order valence-electron chi connectivity index (χ1n) is 9.02. The Morgan fingerprint density at radius 3 is 3.04 bits per heavy atom. The number of carbonyl (C=O) groups is 1. The predicted molar refractivity (Wildman–Crippen MR) is 104 cm³/mol. The number of amides is 1. The largest absolute Gasteiger partial charge is 0.343 e. The Kier molecular flexibility index (Phi) is 4.75. The molecule has 1 aliphatic rings. The standard InChI is InChI=1S/C21H22N4O2/c1-14-18(19-3-2-9-22-21(19)23-14)8-10-25-12-16-6-4-15(11-17(16)13-25)5-7-20(26)24-27/h2-7,9,11,27H,8,10,12-13H2,1H3,(H,22,23)(H,24,26)/b7-5+. The summed E-state index contributed by atoms with van der Waals surface area (Å²) in [5.74, 6) is -0.527. The third kappa shape index (κ3) is 3.63. The van der Waals surface area contributed by atoms with Crippen LogP contribution in [0.3, 0.4) is 0 Å². The van der Waals surface area contributed by atoms with E-state index < -0.39 is 5.91 Å². The Balaban J connectivity index is 1.43. The van der Waals surface area contributed by atoms with E-state index in [0.29, 0.717) is 0 Å². The van der Waals surface area contributed by atoms with Gasteiger partial charge in [-0.05, 0) is 53.8 Å². The van der Waals surface area contributed by atoms with Crippen LogP contribution in [0.4, 0.5) is 0 Å². The van der Waals surface area contributed by atoms with Gasteiger partial charge in [-0.15, -0.1) is 0 Å². The van der Waals surface area contributed by atoms with Gasteiger partial charge in [0, 0.05) is 43.0 Å². The van der Waals surface area contributed by atoms with Crippen LogP contribution in [-0.4, -0.2) is 32.5 Å². The number of H-pyrrole nitrogens is 1. The number of nitrogens with one attached hydrogen (secondary N) is 2. The third-order valence-corrected chi connectivity index (χ3v) is 5.13. The van der Waals surface area contributed by atoms with Crippen LogP contribution >= 0.6 is 0 Å². The first kappa shape index (κ1) is 17.5. The van der Waals surface area contributed by atoms with Gasteiger partial charge in [-0.25, -0.2) is 10.5 Å². The molecule has 0 radical (unpaired) electrons. The number of hydroxylamine groups is 1. The second-order valence-electron chi connectivity index (χ2n) is 6.93. The van der Waals surface area contributed by atoms with Crippen LogP contribution in [0.15, 0.2) is 42.6 Å². The summed E-state index contributed by atoms with van der Waals surface area (Å²) >= 11 is 0. The zero-order valence-electron chi connectivity index (χ0n) is 15.2. The summed E-state index contributed by atoms with van der Waals surface area (Å²) in [6.07, 6.45) is 5.82. The number of hydrogen-bond acceptors (Lipinski definition) is 4. The summed E-state index contributed by atoms with van der Waals surface area (Å²) in [5, 5.41) is 9.77. The van der Waals surface area contributed by atoms with Gasteiger partial charge in [0.15, 0.2) is 0 Å². The van der Waals surface area contributed by atoms with Crippen LogP contribution in [0.2, 0.25) is 0 Å². The number of aryl methyl sites for hydroxylation is 1. The lowest BCUT2D eigenvalue weighted by atomic mass is 10.1. The minimum Gasteiger partial charge on any atom is -0.343 e. The second kappa shape index (κ2) is 7.34. The third-order valence-electron chi connectivity index (χ3n) is 5.13. The van der Waals surface area contributed by atoms with Crippen molar-refractivity contribution >= 4 is 23.0 Å². The van der Waals surface area contributed by atoms with Gasteiger partial charge in [0.25, 0.3) is 5.91 Å². The molecular weight excluding hydrogens is 340 g/mol. The van der Waals surface area contributed by atoms with Gasteiger partial charge in [0.1, 0.15) is 5.65 Å². The summed E-state index contributed by atoms with van der Waals surface area (Å²) in [7, 11) is 0. The Labute approximate surface area is 157 Å². The van der Waals surface area contributed by atoms with Gasteiger partial charge in [0.2, 0.25) is 0 Å². The lowest BCUT2D eigenvalue weighted by molar-refractivity contribution is -0.124. The average Bonchev–Trinajstić information content (AvgIpc) is 3.23. The number of pyridine rings is 1. The molecule has 3 aromatic rings. The van der Waals surface area contributed by atoms with Crippen LogP contribution in [0.5, 0.6) is 0 Å². The van der Waals surface area contributed by atoms with E-state index in [0.717, 1.165) is 37.3 Å². The molecule has 0 fully saturated rings. The zero-order valence-corrected chi connectivity index (χ0v) is 15.2. The van der Waals surface area contributed by atoms with E-state index in [4.69, 9.17) is 5.21 Å². The van der Waals surface area contributed by atoms with Gasteiger partial charge in [-0.2, -0.15) is 0 Å². The van der Waals surface area contributed by atoms with Crippen LogP contribution in [0.25, 0.3) is 17.1 Å². The normalized spacial score (nSPS) is 14.1. The zero-order chi connectivity index (χ0) is 18.8. The fraction of sp³-hybridized carbons (Fsp3) is 0.238. The highest BCUT2D eigenvalue weighted by atomic mass is 16.5. The maximum Gasteiger partial charge on any atom is 0.267 e. The van der Waals surface area contributed by atoms with Crippen molar-refractivity contribution in [3.63, 3.8) is 0 Å². The van der Waals surface area contributed by atoms with Gasteiger partial charge in [-0.1, -0.05) is 18.2 Å². The van der Waals surface area contributed by atoms with E-state index >= 15 is 0 Å². The Morgan fingerprint density at radius 2 is 2.19 bits per heavy atom. The van der Waals surface area contributed by atoms with Crippen molar-refractivity contribution in [1.29, 1.82) is 0 Å². The van der Waals surface area contributed by atoms with Gasteiger partial charge >= 0.3 is 0 Å². The average molecular weight is 362 g/mol. The molecule has 6 heteroatoms. The SMILES string of the molecule is Cc1[nH]c2ncccc2c1CCN1Cc2ccc(/C=C/C(=O)NO)cc2C1. The van der Waals surface area contributed by atoms with Crippen molar-refractivity contribution in [2.24, 2.45) is 0 Å². The summed E-state index contributed by atoms with van der Waals surface area (Å²) in [6.45, 7) is 4.94. The van der Waals surface area contributed by atoms with Crippen LogP contribution in [-0.2, 0) is 24.3 Å². The van der Waals surface area contributed by atoms with Gasteiger partial charge < -0.3 is 4.98 Å². The molecule has 0 spiro atoms. The van der Waals surface area contributed by atoms with Crippen LogP contribution in [0, 0.1) is 6.92 Å². The number of aromatic amines is 1. The molecule has 3 N–H and O–H groups in total. The highest BCUT2D eigenvalue weighted by Gasteiger charge is 2.19. The van der Waals surface area contributed by atoms with Gasteiger partial charge in [0.05, 0.1) is 0 Å². The Morgan fingerprint density at radius 1 is 1.33 bits per heavy atom. The fourth-order valence-corrected chi connectivity index (χ4v) is 3.75. The van der Waals surface area contributed by atoms with Crippen molar-refractivity contribution in [1.82, 2.24) is 20.3 Å². The topological polar surface area (TPSA) is 81.2 Å². The number of benzene rings is 1. The molecule has 0 aliphatic carbocycles. The number of aromatic nitrogens is 2. The highest BCUT2D eigenvalue weighted by Crippen LogP contribution is 2.26.